The topological polar surface area (TPSA) is 55.8 Å². The Balaban J connectivity index is 1.96. The Morgan fingerprint density at radius 2 is 1.89 bits per heavy atom. The summed E-state index contributed by atoms with van der Waals surface area (Å²) in [4.78, 5) is 26.6. The first-order valence-corrected chi connectivity index (χ1v) is 9.97. The largest absolute Gasteiger partial charge is 0.493 e. The van der Waals surface area contributed by atoms with Gasteiger partial charge in [0, 0.05) is 9.50 Å². The minimum Gasteiger partial charge on any atom is -0.493 e. The SMILES string of the molecule is CCOc1cc(/C=C2\SC(=O)N(c3ccc(Cl)cc3)C2=O)c(Br)cc1OC. The van der Waals surface area contributed by atoms with Crippen molar-refractivity contribution in [3.63, 3.8) is 0 Å². The molecule has 1 aliphatic heterocycles. The number of benzene rings is 2. The molecule has 0 N–H and O–H groups in total. The minimum atomic E-state index is -0.381. The van der Waals surface area contributed by atoms with Crippen molar-refractivity contribution in [2.75, 3.05) is 18.6 Å². The van der Waals surface area contributed by atoms with Crippen molar-refractivity contribution >= 4 is 62.2 Å². The van der Waals surface area contributed by atoms with E-state index in [1.807, 2.05) is 6.92 Å². The lowest BCUT2D eigenvalue weighted by atomic mass is 10.1. The number of nitrogens with zero attached hydrogens (tertiary/aromatic N) is 1. The molecule has 140 valence electrons. The molecule has 0 radical (unpaired) electrons. The van der Waals surface area contributed by atoms with Crippen molar-refractivity contribution in [2.24, 2.45) is 0 Å². The number of carbonyl (C=O) groups is 2. The molecule has 8 heteroatoms. The van der Waals surface area contributed by atoms with Crippen LogP contribution in [0.1, 0.15) is 12.5 Å². The molecular weight excluding hydrogens is 454 g/mol. The molecule has 0 atom stereocenters. The van der Waals surface area contributed by atoms with Crippen molar-refractivity contribution in [1.29, 1.82) is 0 Å². The van der Waals surface area contributed by atoms with Crippen LogP contribution < -0.4 is 14.4 Å². The molecule has 1 saturated heterocycles. The van der Waals surface area contributed by atoms with Crippen molar-refractivity contribution in [3.8, 4) is 11.5 Å². The van der Waals surface area contributed by atoms with E-state index in [2.05, 4.69) is 15.9 Å². The molecule has 2 amide bonds. The number of thioether (sulfide) groups is 1. The first-order valence-electron chi connectivity index (χ1n) is 7.98. The van der Waals surface area contributed by atoms with Crippen LogP contribution in [0.5, 0.6) is 11.5 Å². The third-order valence-electron chi connectivity index (χ3n) is 3.75. The number of carbonyl (C=O) groups excluding carboxylic acids is 2. The van der Waals surface area contributed by atoms with E-state index in [-0.39, 0.29) is 11.1 Å². The van der Waals surface area contributed by atoms with Crippen LogP contribution in [0, 0.1) is 0 Å². The van der Waals surface area contributed by atoms with Gasteiger partial charge in [-0.05, 0) is 66.7 Å². The highest BCUT2D eigenvalue weighted by molar-refractivity contribution is 9.10. The molecule has 2 aromatic rings. The van der Waals surface area contributed by atoms with E-state index in [0.29, 0.717) is 39.3 Å². The number of amides is 2. The Hall–Kier alpha value is -1.96. The van der Waals surface area contributed by atoms with E-state index < -0.39 is 0 Å². The average Bonchev–Trinajstić information content (AvgIpc) is 2.92. The summed E-state index contributed by atoms with van der Waals surface area (Å²) in [7, 11) is 1.56. The standard InChI is InChI=1S/C19H15BrClNO4S/c1-3-26-16-8-11(14(20)10-15(16)25-2)9-17-18(23)22(19(24)27-17)13-6-4-12(21)5-7-13/h4-10H,3H2,1-2H3/b17-9-. The van der Waals surface area contributed by atoms with Crippen LogP contribution in [-0.2, 0) is 4.79 Å². The number of hydrogen-bond donors (Lipinski definition) is 0. The van der Waals surface area contributed by atoms with E-state index in [4.69, 9.17) is 21.1 Å². The van der Waals surface area contributed by atoms with Crippen molar-refractivity contribution in [1.82, 2.24) is 0 Å². The molecule has 3 rings (SSSR count). The summed E-state index contributed by atoms with van der Waals surface area (Å²) in [5.74, 6) is 0.759. The third kappa shape index (κ3) is 4.15. The van der Waals surface area contributed by atoms with Crippen molar-refractivity contribution in [3.05, 3.63) is 56.4 Å². The monoisotopic (exact) mass is 467 g/mol. The van der Waals surface area contributed by atoms with E-state index >= 15 is 0 Å². The van der Waals surface area contributed by atoms with Crippen LogP contribution in [0.4, 0.5) is 10.5 Å². The molecule has 27 heavy (non-hydrogen) atoms. The Labute approximate surface area is 174 Å². The molecule has 1 heterocycles. The predicted octanol–water partition coefficient (Wildman–Crippen LogP) is 5.75. The molecule has 0 aliphatic carbocycles. The lowest BCUT2D eigenvalue weighted by Gasteiger charge is -2.13. The Morgan fingerprint density at radius 3 is 2.52 bits per heavy atom. The molecule has 2 aromatic carbocycles. The molecule has 0 bridgehead atoms. The summed E-state index contributed by atoms with van der Waals surface area (Å²) in [6.07, 6.45) is 1.66. The van der Waals surface area contributed by atoms with Gasteiger partial charge in [0.25, 0.3) is 11.1 Å². The summed E-state index contributed by atoms with van der Waals surface area (Å²) >= 11 is 10.2. The molecule has 0 saturated carbocycles. The third-order valence-corrected chi connectivity index (χ3v) is 5.56. The highest BCUT2D eigenvalue weighted by Gasteiger charge is 2.36. The van der Waals surface area contributed by atoms with Gasteiger partial charge in [0.1, 0.15) is 0 Å². The lowest BCUT2D eigenvalue weighted by Crippen LogP contribution is -2.27. The van der Waals surface area contributed by atoms with Crippen LogP contribution >= 0.6 is 39.3 Å². The fourth-order valence-electron chi connectivity index (χ4n) is 2.51. The first-order chi connectivity index (χ1) is 12.9. The second kappa shape index (κ2) is 8.37. The molecule has 5 nitrogen and oxygen atoms in total. The lowest BCUT2D eigenvalue weighted by molar-refractivity contribution is -0.113. The van der Waals surface area contributed by atoms with Gasteiger partial charge >= 0.3 is 0 Å². The van der Waals surface area contributed by atoms with Gasteiger partial charge in [-0.1, -0.05) is 27.5 Å². The fraction of sp³-hybridized carbons (Fsp3) is 0.158. The predicted molar refractivity (Wildman–Crippen MR) is 112 cm³/mol. The van der Waals surface area contributed by atoms with Gasteiger partial charge in [-0.2, -0.15) is 0 Å². The van der Waals surface area contributed by atoms with Gasteiger partial charge in [-0.3, -0.25) is 9.59 Å². The zero-order valence-corrected chi connectivity index (χ0v) is 17.7. The summed E-state index contributed by atoms with van der Waals surface area (Å²) in [5.41, 5.74) is 1.19. The molecule has 0 aromatic heterocycles. The summed E-state index contributed by atoms with van der Waals surface area (Å²) in [5, 5.41) is 0.176. The molecule has 1 aliphatic rings. The number of rotatable bonds is 5. The Kier molecular flexibility index (Phi) is 6.14. The van der Waals surface area contributed by atoms with Gasteiger partial charge in [-0.25, -0.2) is 4.90 Å². The zero-order valence-electron chi connectivity index (χ0n) is 14.5. The minimum absolute atomic E-state index is 0.322. The van der Waals surface area contributed by atoms with Gasteiger partial charge in [0.05, 0.1) is 24.3 Å². The number of hydrogen-bond acceptors (Lipinski definition) is 5. The van der Waals surface area contributed by atoms with E-state index in [0.717, 1.165) is 21.1 Å². The Bertz CT molecular complexity index is 930. The fourth-order valence-corrected chi connectivity index (χ4v) is 3.91. The van der Waals surface area contributed by atoms with Crippen molar-refractivity contribution < 1.29 is 19.1 Å². The maximum atomic E-state index is 12.8. The maximum Gasteiger partial charge on any atom is 0.298 e. The highest BCUT2D eigenvalue weighted by Crippen LogP contribution is 2.39. The number of methoxy groups -OCH3 is 1. The Morgan fingerprint density at radius 1 is 1.19 bits per heavy atom. The normalized spacial score (nSPS) is 15.6. The maximum absolute atomic E-state index is 12.8. The molecule has 1 fully saturated rings. The van der Waals surface area contributed by atoms with E-state index in [9.17, 15) is 9.59 Å². The number of imide groups is 1. The molecule has 0 unspecified atom stereocenters. The molecule has 0 spiro atoms. The highest BCUT2D eigenvalue weighted by atomic mass is 79.9. The first kappa shape index (κ1) is 19.8. The summed E-state index contributed by atoms with van der Waals surface area (Å²) < 4.78 is 11.6. The molecular formula is C19H15BrClNO4S. The zero-order chi connectivity index (χ0) is 19.6. The van der Waals surface area contributed by atoms with Gasteiger partial charge in [0.15, 0.2) is 11.5 Å². The van der Waals surface area contributed by atoms with Gasteiger partial charge in [-0.15, -0.1) is 0 Å². The van der Waals surface area contributed by atoms with Crippen LogP contribution in [0.15, 0.2) is 45.8 Å². The average molecular weight is 469 g/mol. The van der Waals surface area contributed by atoms with Gasteiger partial charge < -0.3 is 9.47 Å². The van der Waals surface area contributed by atoms with Crippen LogP contribution in [0.25, 0.3) is 6.08 Å². The smallest absolute Gasteiger partial charge is 0.298 e. The number of anilines is 1. The quantitative estimate of drug-likeness (QED) is 0.523. The summed E-state index contributed by atoms with van der Waals surface area (Å²) in [6.45, 7) is 2.35. The summed E-state index contributed by atoms with van der Waals surface area (Å²) in [6, 6.07) is 10.1. The number of halogens is 2. The van der Waals surface area contributed by atoms with Crippen molar-refractivity contribution in [2.45, 2.75) is 6.92 Å². The van der Waals surface area contributed by atoms with Crippen LogP contribution in [0.2, 0.25) is 5.02 Å². The van der Waals surface area contributed by atoms with Crippen LogP contribution in [0.3, 0.4) is 0 Å². The van der Waals surface area contributed by atoms with E-state index in [1.165, 1.54) is 0 Å². The van der Waals surface area contributed by atoms with Crippen LogP contribution in [-0.4, -0.2) is 24.9 Å². The second-order valence-electron chi connectivity index (χ2n) is 5.45. The van der Waals surface area contributed by atoms with E-state index in [1.54, 1.807) is 49.6 Å². The second-order valence-corrected chi connectivity index (χ2v) is 7.74. The van der Waals surface area contributed by atoms with Gasteiger partial charge in [0.2, 0.25) is 0 Å². The number of ether oxygens (including phenoxy) is 2.